The maximum absolute atomic E-state index is 12.1. The van der Waals surface area contributed by atoms with Gasteiger partial charge in [0.05, 0.1) is 12.2 Å². The van der Waals surface area contributed by atoms with Gasteiger partial charge in [0, 0.05) is 0 Å². The first-order chi connectivity index (χ1) is 13.9. The van der Waals surface area contributed by atoms with Gasteiger partial charge in [-0.15, -0.1) is 0 Å². The molecule has 4 N–H and O–H groups in total. The molecule has 154 valence electrons. The molecular weight excluding hydrogens is 378 g/mol. The molecule has 2 aromatic carbocycles. The third-order valence-electron chi connectivity index (χ3n) is 3.65. The van der Waals surface area contributed by atoms with Crippen LogP contribution in [0.3, 0.4) is 0 Å². The fraction of sp³-hybridized carbons (Fsp3) is 0.250. The van der Waals surface area contributed by atoms with Crippen LogP contribution < -0.4 is 30.8 Å². The van der Waals surface area contributed by atoms with E-state index in [1.165, 1.54) is 19.1 Å². The molecule has 0 aliphatic carbocycles. The molecule has 0 saturated heterocycles. The number of hydrogen-bond acceptors (Lipinski definition) is 6. The normalized spacial score (nSPS) is 11.1. The molecule has 0 unspecified atom stereocenters. The third kappa shape index (κ3) is 6.73. The summed E-state index contributed by atoms with van der Waals surface area (Å²) in [6.45, 7) is 3.56. The summed E-state index contributed by atoms with van der Waals surface area (Å²) in [5.41, 5.74) is 9.86. The zero-order chi connectivity index (χ0) is 21.2. The summed E-state index contributed by atoms with van der Waals surface area (Å²) < 4.78 is 16.1. The number of amides is 3. The van der Waals surface area contributed by atoms with Crippen molar-refractivity contribution in [2.75, 3.05) is 13.2 Å². The number of nitrogens with two attached hydrogens (primary N) is 1. The number of nitrogens with one attached hydrogen (secondary N) is 2. The van der Waals surface area contributed by atoms with Gasteiger partial charge < -0.3 is 19.9 Å². The summed E-state index contributed by atoms with van der Waals surface area (Å²) in [7, 11) is 0. The minimum absolute atomic E-state index is 0.154. The van der Waals surface area contributed by atoms with Crippen LogP contribution in [0.25, 0.3) is 0 Å². The molecule has 0 aliphatic rings. The van der Waals surface area contributed by atoms with Crippen LogP contribution in [0, 0.1) is 0 Å². The Morgan fingerprint density at radius 1 is 0.966 bits per heavy atom. The van der Waals surface area contributed by atoms with E-state index in [4.69, 9.17) is 19.9 Å². The zero-order valence-electron chi connectivity index (χ0n) is 16.1. The van der Waals surface area contributed by atoms with E-state index in [9.17, 15) is 14.4 Å². The molecule has 3 amide bonds. The number of hydrazine groups is 1. The summed E-state index contributed by atoms with van der Waals surface area (Å²) in [6, 6.07) is 13.1. The van der Waals surface area contributed by atoms with E-state index in [0.29, 0.717) is 18.1 Å². The quantitative estimate of drug-likeness (QED) is 0.541. The molecule has 0 aliphatic heterocycles. The van der Waals surface area contributed by atoms with E-state index in [-0.39, 0.29) is 11.3 Å². The predicted molar refractivity (Wildman–Crippen MR) is 104 cm³/mol. The van der Waals surface area contributed by atoms with Crippen LogP contribution in [0.4, 0.5) is 0 Å². The van der Waals surface area contributed by atoms with Gasteiger partial charge >= 0.3 is 0 Å². The number of benzene rings is 2. The van der Waals surface area contributed by atoms with Crippen molar-refractivity contribution in [3.63, 3.8) is 0 Å². The lowest BCUT2D eigenvalue weighted by atomic mass is 10.2. The Balaban J connectivity index is 1.77. The zero-order valence-corrected chi connectivity index (χ0v) is 16.1. The molecule has 0 fully saturated rings. The number of rotatable bonds is 9. The van der Waals surface area contributed by atoms with E-state index in [1.54, 1.807) is 36.4 Å². The van der Waals surface area contributed by atoms with Gasteiger partial charge in [0.1, 0.15) is 17.2 Å². The average molecular weight is 401 g/mol. The van der Waals surface area contributed by atoms with Gasteiger partial charge in [-0.2, -0.15) is 0 Å². The first-order valence-electron chi connectivity index (χ1n) is 8.90. The summed E-state index contributed by atoms with van der Waals surface area (Å²) >= 11 is 0. The second kappa shape index (κ2) is 10.5. The van der Waals surface area contributed by atoms with Crippen molar-refractivity contribution in [3.05, 3.63) is 54.1 Å². The summed E-state index contributed by atoms with van der Waals surface area (Å²) in [6.07, 6.45) is -0.857. The number of primary amides is 1. The molecule has 29 heavy (non-hydrogen) atoms. The lowest BCUT2D eigenvalue weighted by Gasteiger charge is -2.16. The van der Waals surface area contributed by atoms with E-state index >= 15 is 0 Å². The van der Waals surface area contributed by atoms with Crippen molar-refractivity contribution in [1.82, 2.24) is 10.9 Å². The third-order valence-corrected chi connectivity index (χ3v) is 3.65. The van der Waals surface area contributed by atoms with Crippen LogP contribution in [-0.2, 0) is 9.59 Å². The molecule has 1 atom stereocenters. The van der Waals surface area contributed by atoms with Crippen LogP contribution in [0.15, 0.2) is 48.5 Å². The fourth-order valence-electron chi connectivity index (χ4n) is 2.25. The SMILES string of the molecule is CCOc1ccc(O[C@H](C)C(=O)NNC(=O)COc2ccccc2C(N)=O)cc1. The number of hydrogen-bond donors (Lipinski definition) is 3. The Hall–Kier alpha value is -3.75. The van der Waals surface area contributed by atoms with E-state index < -0.39 is 30.4 Å². The van der Waals surface area contributed by atoms with E-state index in [1.807, 2.05) is 6.92 Å². The van der Waals surface area contributed by atoms with Gasteiger partial charge in [-0.05, 0) is 50.2 Å². The van der Waals surface area contributed by atoms with Crippen molar-refractivity contribution in [2.24, 2.45) is 5.73 Å². The van der Waals surface area contributed by atoms with Crippen LogP contribution in [0.1, 0.15) is 24.2 Å². The van der Waals surface area contributed by atoms with Crippen LogP contribution >= 0.6 is 0 Å². The van der Waals surface area contributed by atoms with Crippen molar-refractivity contribution in [1.29, 1.82) is 0 Å². The molecule has 0 heterocycles. The van der Waals surface area contributed by atoms with E-state index in [2.05, 4.69) is 10.9 Å². The van der Waals surface area contributed by atoms with Crippen molar-refractivity contribution in [2.45, 2.75) is 20.0 Å². The van der Waals surface area contributed by atoms with E-state index in [0.717, 1.165) is 0 Å². The first kappa shape index (κ1) is 21.5. The topological polar surface area (TPSA) is 129 Å². The maximum Gasteiger partial charge on any atom is 0.279 e. The molecule has 0 aromatic heterocycles. The van der Waals surface area contributed by atoms with Crippen LogP contribution in [0.2, 0.25) is 0 Å². The van der Waals surface area contributed by atoms with Crippen LogP contribution in [0.5, 0.6) is 17.2 Å². The Bertz CT molecular complexity index is 854. The molecule has 2 aromatic rings. The summed E-state index contributed by atoms with van der Waals surface area (Å²) in [5, 5.41) is 0. The Morgan fingerprint density at radius 2 is 1.62 bits per heavy atom. The standard InChI is InChI=1S/C20H23N3O6/c1-3-27-14-8-10-15(11-9-14)29-13(2)20(26)23-22-18(24)12-28-17-7-5-4-6-16(17)19(21)25/h4-11,13H,3,12H2,1-2H3,(H2,21,25)(H,22,24)(H,23,26)/t13-/m1/s1. The van der Waals surface area contributed by atoms with Gasteiger partial charge in [0.25, 0.3) is 17.7 Å². The Labute approximate surface area is 168 Å². The number of carbonyl (C=O) groups is 3. The number of para-hydroxylation sites is 1. The molecule has 0 saturated carbocycles. The second-order valence-electron chi connectivity index (χ2n) is 5.85. The monoisotopic (exact) mass is 401 g/mol. The van der Waals surface area contributed by atoms with Gasteiger partial charge in [0.15, 0.2) is 12.7 Å². The lowest BCUT2D eigenvalue weighted by Crippen LogP contribution is -2.48. The maximum atomic E-state index is 12.1. The minimum atomic E-state index is -0.857. The molecular formula is C20H23N3O6. The highest BCUT2D eigenvalue weighted by Crippen LogP contribution is 2.19. The van der Waals surface area contributed by atoms with Crippen LogP contribution in [-0.4, -0.2) is 37.0 Å². The Kier molecular flexibility index (Phi) is 7.84. The number of carbonyl (C=O) groups excluding carboxylic acids is 3. The summed E-state index contributed by atoms with van der Waals surface area (Å²) in [4.78, 5) is 35.2. The Morgan fingerprint density at radius 3 is 2.28 bits per heavy atom. The first-order valence-corrected chi connectivity index (χ1v) is 8.90. The molecule has 9 heteroatoms. The largest absolute Gasteiger partial charge is 0.494 e. The second-order valence-corrected chi connectivity index (χ2v) is 5.85. The van der Waals surface area contributed by atoms with Gasteiger partial charge in [-0.3, -0.25) is 25.2 Å². The summed E-state index contributed by atoms with van der Waals surface area (Å²) in [5.74, 6) is -0.491. The molecule has 0 radical (unpaired) electrons. The molecule has 0 bridgehead atoms. The van der Waals surface area contributed by atoms with Crippen molar-refractivity contribution >= 4 is 17.7 Å². The van der Waals surface area contributed by atoms with Gasteiger partial charge in [-0.25, -0.2) is 0 Å². The van der Waals surface area contributed by atoms with Gasteiger partial charge in [0.2, 0.25) is 0 Å². The van der Waals surface area contributed by atoms with Gasteiger partial charge in [-0.1, -0.05) is 12.1 Å². The lowest BCUT2D eigenvalue weighted by molar-refractivity contribution is -0.133. The fourth-order valence-corrected chi connectivity index (χ4v) is 2.25. The van der Waals surface area contributed by atoms with Crippen molar-refractivity contribution in [3.8, 4) is 17.2 Å². The smallest absolute Gasteiger partial charge is 0.279 e. The average Bonchev–Trinajstić information content (AvgIpc) is 2.72. The highest BCUT2D eigenvalue weighted by molar-refractivity contribution is 5.95. The highest BCUT2D eigenvalue weighted by atomic mass is 16.5. The van der Waals surface area contributed by atoms with Crippen molar-refractivity contribution < 1.29 is 28.6 Å². The molecule has 9 nitrogen and oxygen atoms in total. The highest BCUT2D eigenvalue weighted by Gasteiger charge is 2.16. The molecule has 2 rings (SSSR count). The minimum Gasteiger partial charge on any atom is -0.494 e. The predicted octanol–water partition coefficient (Wildman–Crippen LogP) is 1.18. The molecule has 0 spiro atoms. The number of ether oxygens (including phenoxy) is 3.